The Balaban J connectivity index is 2.20. The van der Waals surface area contributed by atoms with Crippen LogP contribution >= 0.6 is 15.9 Å². The second kappa shape index (κ2) is 6.03. The SMILES string of the molecule is CCc1cnc2c(NCCC(F)(F)CC)cc(Br)nn12. The minimum absolute atomic E-state index is 0.145. The third kappa shape index (κ3) is 3.26. The zero-order chi connectivity index (χ0) is 14.8. The van der Waals surface area contributed by atoms with Crippen LogP contribution in [-0.2, 0) is 6.42 Å². The van der Waals surface area contributed by atoms with Crippen molar-refractivity contribution in [3.8, 4) is 0 Å². The number of aromatic nitrogens is 3. The summed E-state index contributed by atoms with van der Waals surface area (Å²) < 4.78 is 28.8. The van der Waals surface area contributed by atoms with Crippen molar-refractivity contribution in [1.82, 2.24) is 14.6 Å². The van der Waals surface area contributed by atoms with E-state index in [0.717, 1.165) is 12.1 Å². The van der Waals surface area contributed by atoms with Crippen molar-refractivity contribution in [2.45, 2.75) is 39.0 Å². The third-order valence-electron chi connectivity index (χ3n) is 3.19. The molecule has 4 nitrogen and oxygen atoms in total. The molecule has 0 unspecified atom stereocenters. The summed E-state index contributed by atoms with van der Waals surface area (Å²) in [4.78, 5) is 4.30. The number of aryl methyl sites for hydroxylation is 1. The highest BCUT2D eigenvalue weighted by molar-refractivity contribution is 9.10. The zero-order valence-corrected chi connectivity index (χ0v) is 13.0. The number of hydrogen-bond acceptors (Lipinski definition) is 3. The molecule has 0 aliphatic carbocycles. The number of alkyl halides is 2. The van der Waals surface area contributed by atoms with Crippen LogP contribution in [0.3, 0.4) is 0 Å². The fourth-order valence-corrected chi connectivity index (χ4v) is 2.30. The summed E-state index contributed by atoms with van der Waals surface area (Å²) in [5.41, 5.74) is 2.34. The molecule has 2 heterocycles. The summed E-state index contributed by atoms with van der Waals surface area (Å²) in [5, 5.41) is 7.35. The quantitative estimate of drug-likeness (QED) is 0.862. The number of fused-ring (bicyclic) bond motifs is 1. The maximum atomic E-state index is 13.2. The molecule has 0 radical (unpaired) electrons. The van der Waals surface area contributed by atoms with Gasteiger partial charge in [-0.3, -0.25) is 0 Å². The lowest BCUT2D eigenvalue weighted by atomic mass is 10.2. The van der Waals surface area contributed by atoms with Gasteiger partial charge in [-0.2, -0.15) is 5.10 Å². The lowest BCUT2D eigenvalue weighted by molar-refractivity contribution is -0.00779. The van der Waals surface area contributed by atoms with E-state index in [4.69, 9.17) is 0 Å². The first kappa shape index (κ1) is 15.2. The first-order valence-electron chi connectivity index (χ1n) is 6.61. The lowest BCUT2D eigenvalue weighted by Gasteiger charge is -2.15. The van der Waals surface area contributed by atoms with Gasteiger partial charge in [-0.25, -0.2) is 18.3 Å². The molecule has 0 fully saturated rings. The summed E-state index contributed by atoms with van der Waals surface area (Å²) in [6.07, 6.45) is 2.21. The van der Waals surface area contributed by atoms with E-state index < -0.39 is 5.92 Å². The summed E-state index contributed by atoms with van der Waals surface area (Å²) in [5.74, 6) is -2.63. The Bertz CT molecular complexity index is 597. The molecule has 0 spiro atoms. The number of imidazole rings is 1. The van der Waals surface area contributed by atoms with Crippen molar-refractivity contribution in [2.75, 3.05) is 11.9 Å². The molecule has 7 heteroatoms. The van der Waals surface area contributed by atoms with Crippen LogP contribution in [0.2, 0.25) is 0 Å². The van der Waals surface area contributed by atoms with Crippen molar-refractivity contribution in [2.24, 2.45) is 0 Å². The Morgan fingerprint density at radius 1 is 1.40 bits per heavy atom. The highest BCUT2D eigenvalue weighted by Gasteiger charge is 2.25. The van der Waals surface area contributed by atoms with Gasteiger partial charge in [-0.1, -0.05) is 13.8 Å². The van der Waals surface area contributed by atoms with Crippen LogP contribution in [0.1, 0.15) is 32.4 Å². The maximum Gasteiger partial charge on any atom is 0.249 e. The average Bonchev–Trinajstić information content (AvgIpc) is 2.81. The van der Waals surface area contributed by atoms with Crippen LogP contribution in [0, 0.1) is 0 Å². The number of nitrogens with zero attached hydrogens (tertiary/aromatic N) is 3. The number of hydrogen-bond donors (Lipinski definition) is 1. The van der Waals surface area contributed by atoms with Crippen LogP contribution in [0.15, 0.2) is 16.9 Å². The van der Waals surface area contributed by atoms with E-state index in [1.807, 2.05) is 6.92 Å². The molecular weight excluding hydrogens is 330 g/mol. The number of nitrogens with one attached hydrogen (secondary N) is 1. The van der Waals surface area contributed by atoms with Gasteiger partial charge in [0.2, 0.25) is 5.92 Å². The zero-order valence-electron chi connectivity index (χ0n) is 11.5. The molecule has 0 saturated carbocycles. The van der Waals surface area contributed by atoms with Crippen LogP contribution in [0.4, 0.5) is 14.5 Å². The molecule has 2 aromatic heterocycles. The van der Waals surface area contributed by atoms with Gasteiger partial charge in [0.1, 0.15) is 4.60 Å². The summed E-state index contributed by atoms with van der Waals surface area (Å²) >= 11 is 3.33. The van der Waals surface area contributed by atoms with Gasteiger partial charge in [-0.05, 0) is 28.4 Å². The van der Waals surface area contributed by atoms with Gasteiger partial charge in [0.05, 0.1) is 17.6 Å². The Kier molecular flexibility index (Phi) is 4.57. The Morgan fingerprint density at radius 3 is 2.80 bits per heavy atom. The summed E-state index contributed by atoms with van der Waals surface area (Å²) in [6, 6.07) is 1.76. The largest absolute Gasteiger partial charge is 0.382 e. The van der Waals surface area contributed by atoms with Crippen LogP contribution < -0.4 is 5.32 Å². The van der Waals surface area contributed by atoms with Gasteiger partial charge in [0.15, 0.2) is 5.65 Å². The van der Waals surface area contributed by atoms with Crippen LogP contribution in [-0.4, -0.2) is 27.1 Å². The number of anilines is 1. The van der Waals surface area contributed by atoms with E-state index in [-0.39, 0.29) is 19.4 Å². The maximum absolute atomic E-state index is 13.2. The van der Waals surface area contributed by atoms with E-state index >= 15 is 0 Å². The molecule has 0 saturated heterocycles. The molecule has 0 atom stereocenters. The fourth-order valence-electron chi connectivity index (χ4n) is 1.91. The van der Waals surface area contributed by atoms with E-state index in [1.54, 1.807) is 16.8 Å². The van der Waals surface area contributed by atoms with E-state index in [2.05, 4.69) is 31.3 Å². The van der Waals surface area contributed by atoms with Crippen molar-refractivity contribution < 1.29 is 8.78 Å². The molecule has 2 aromatic rings. The molecular formula is C13H17BrF2N4. The third-order valence-corrected chi connectivity index (χ3v) is 3.58. The van der Waals surface area contributed by atoms with Gasteiger partial charge in [0.25, 0.3) is 0 Å². The van der Waals surface area contributed by atoms with Crippen LogP contribution in [0.25, 0.3) is 5.65 Å². The second-order valence-corrected chi connectivity index (χ2v) is 5.42. The van der Waals surface area contributed by atoms with Crippen molar-refractivity contribution in [3.63, 3.8) is 0 Å². The normalized spacial score (nSPS) is 12.1. The smallest absolute Gasteiger partial charge is 0.249 e. The molecule has 0 aromatic carbocycles. The van der Waals surface area contributed by atoms with Gasteiger partial charge in [0, 0.05) is 19.4 Å². The lowest BCUT2D eigenvalue weighted by Crippen LogP contribution is -2.19. The molecule has 1 N–H and O–H groups in total. The van der Waals surface area contributed by atoms with Crippen LogP contribution in [0.5, 0.6) is 0 Å². The monoisotopic (exact) mass is 346 g/mol. The topological polar surface area (TPSA) is 42.2 Å². The highest BCUT2D eigenvalue weighted by Crippen LogP contribution is 2.24. The highest BCUT2D eigenvalue weighted by atomic mass is 79.9. The van der Waals surface area contributed by atoms with Gasteiger partial charge in [-0.15, -0.1) is 0 Å². The number of halogens is 3. The van der Waals surface area contributed by atoms with Gasteiger partial charge >= 0.3 is 0 Å². The second-order valence-electron chi connectivity index (χ2n) is 4.61. The molecule has 0 bridgehead atoms. The van der Waals surface area contributed by atoms with Crippen molar-refractivity contribution >= 4 is 27.3 Å². The summed E-state index contributed by atoms with van der Waals surface area (Å²) in [6.45, 7) is 3.70. The van der Waals surface area contributed by atoms with Gasteiger partial charge < -0.3 is 5.32 Å². The minimum Gasteiger partial charge on any atom is -0.382 e. The first-order chi connectivity index (χ1) is 9.46. The van der Waals surface area contributed by atoms with Crippen molar-refractivity contribution in [3.05, 3.63) is 22.6 Å². The predicted molar refractivity (Wildman–Crippen MR) is 78.4 cm³/mol. The van der Waals surface area contributed by atoms with Crippen molar-refractivity contribution in [1.29, 1.82) is 0 Å². The molecule has 0 aliphatic heterocycles. The molecule has 2 rings (SSSR count). The Hall–Kier alpha value is -1.24. The molecule has 110 valence electrons. The fraction of sp³-hybridized carbons (Fsp3) is 0.538. The summed E-state index contributed by atoms with van der Waals surface area (Å²) in [7, 11) is 0. The molecule has 0 amide bonds. The standard InChI is InChI=1S/C13H17BrF2N4/c1-3-9-8-18-12-10(7-11(14)19-20(9)12)17-6-5-13(15,16)4-2/h7-8,17H,3-6H2,1-2H3. The average molecular weight is 347 g/mol. The minimum atomic E-state index is -2.63. The molecule has 20 heavy (non-hydrogen) atoms. The van der Waals surface area contributed by atoms with E-state index in [0.29, 0.717) is 15.9 Å². The Morgan fingerprint density at radius 2 is 2.15 bits per heavy atom. The first-order valence-corrected chi connectivity index (χ1v) is 7.41. The number of rotatable bonds is 6. The van der Waals surface area contributed by atoms with E-state index in [9.17, 15) is 8.78 Å². The Labute approximate surface area is 124 Å². The molecule has 0 aliphatic rings. The van der Waals surface area contributed by atoms with E-state index in [1.165, 1.54) is 6.92 Å². The predicted octanol–water partition coefficient (Wildman–Crippen LogP) is 3.90.